The van der Waals surface area contributed by atoms with E-state index in [0.717, 1.165) is 16.7 Å². The first-order valence-electron chi connectivity index (χ1n) is 8.59. The van der Waals surface area contributed by atoms with Gasteiger partial charge in [0.1, 0.15) is 0 Å². The van der Waals surface area contributed by atoms with Gasteiger partial charge in [-0.3, -0.25) is 4.79 Å². The van der Waals surface area contributed by atoms with E-state index in [9.17, 15) is 9.59 Å². The highest BCUT2D eigenvalue weighted by molar-refractivity contribution is 6.30. The van der Waals surface area contributed by atoms with Crippen molar-refractivity contribution in [3.05, 3.63) is 105 Å². The third kappa shape index (κ3) is 5.72. The van der Waals surface area contributed by atoms with Crippen LogP contribution in [0.4, 0.5) is 4.79 Å². The summed E-state index contributed by atoms with van der Waals surface area (Å²) in [5.74, 6) is 0. The van der Waals surface area contributed by atoms with Gasteiger partial charge in [0.2, 0.25) is 0 Å². The summed E-state index contributed by atoms with van der Waals surface area (Å²) in [6.07, 6.45) is 1.77. The molecular weight excluding hydrogens is 362 g/mol. The van der Waals surface area contributed by atoms with Gasteiger partial charge in [-0.1, -0.05) is 54.1 Å². The molecule has 1 heterocycles. The molecule has 0 bridgehead atoms. The van der Waals surface area contributed by atoms with Gasteiger partial charge in [0.15, 0.2) is 0 Å². The number of halogens is 1. The van der Waals surface area contributed by atoms with Crippen molar-refractivity contribution < 1.29 is 4.79 Å². The first-order valence-corrected chi connectivity index (χ1v) is 8.97. The number of benzene rings is 2. The van der Waals surface area contributed by atoms with Crippen LogP contribution in [-0.4, -0.2) is 10.6 Å². The van der Waals surface area contributed by atoms with Gasteiger partial charge < -0.3 is 15.2 Å². The molecule has 0 spiro atoms. The van der Waals surface area contributed by atoms with Crippen molar-refractivity contribution in [2.24, 2.45) is 0 Å². The fourth-order valence-corrected chi connectivity index (χ4v) is 2.71. The molecule has 0 fully saturated rings. The number of amides is 2. The third-order valence-corrected chi connectivity index (χ3v) is 4.35. The second-order valence-corrected chi connectivity index (χ2v) is 6.58. The number of urea groups is 1. The molecule has 5 nitrogen and oxygen atoms in total. The van der Waals surface area contributed by atoms with E-state index in [2.05, 4.69) is 10.6 Å². The Bertz CT molecular complexity index is 950. The maximum atomic E-state index is 11.9. The van der Waals surface area contributed by atoms with Gasteiger partial charge in [0.25, 0.3) is 5.56 Å². The molecule has 0 aliphatic carbocycles. The van der Waals surface area contributed by atoms with Gasteiger partial charge in [0.05, 0.1) is 6.54 Å². The molecule has 138 valence electrons. The van der Waals surface area contributed by atoms with Crippen LogP contribution in [0.15, 0.2) is 77.7 Å². The minimum atomic E-state index is -0.232. The lowest BCUT2D eigenvalue weighted by molar-refractivity contribution is 0.240. The SMILES string of the molecule is O=C(NCc1ccc(Cl)cc1)NCc1ccc(Cn2ccccc2=O)cc1. The smallest absolute Gasteiger partial charge is 0.315 e. The predicted molar refractivity (Wildman–Crippen MR) is 107 cm³/mol. The topological polar surface area (TPSA) is 63.1 Å². The number of hydrogen-bond acceptors (Lipinski definition) is 2. The first-order chi connectivity index (χ1) is 13.1. The lowest BCUT2D eigenvalue weighted by Crippen LogP contribution is -2.34. The van der Waals surface area contributed by atoms with Crippen LogP contribution in [0.5, 0.6) is 0 Å². The molecule has 2 N–H and O–H groups in total. The molecule has 0 unspecified atom stereocenters. The number of carbonyl (C=O) groups is 1. The number of carbonyl (C=O) groups excluding carboxylic acids is 1. The average molecular weight is 382 g/mol. The Kier molecular flexibility index (Phi) is 6.28. The molecule has 0 atom stereocenters. The summed E-state index contributed by atoms with van der Waals surface area (Å²) in [4.78, 5) is 23.7. The van der Waals surface area contributed by atoms with Crippen molar-refractivity contribution >= 4 is 17.6 Å². The molecule has 0 saturated carbocycles. The quantitative estimate of drug-likeness (QED) is 0.685. The lowest BCUT2D eigenvalue weighted by atomic mass is 10.1. The van der Waals surface area contributed by atoms with Crippen molar-refractivity contribution in [2.75, 3.05) is 0 Å². The van der Waals surface area contributed by atoms with Crippen molar-refractivity contribution in [1.29, 1.82) is 0 Å². The fourth-order valence-electron chi connectivity index (χ4n) is 2.58. The Hall–Kier alpha value is -3.05. The molecule has 1 aromatic heterocycles. The molecule has 2 aromatic carbocycles. The maximum absolute atomic E-state index is 11.9. The minimum Gasteiger partial charge on any atom is -0.334 e. The average Bonchev–Trinajstić information content (AvgIpc) is 2.69. The molecule has 0 saturated heterocycles. The summed E-state index contributed by atoms with van der Waals surface area (Å²) in [6.45, 7) is 1.39. The van der Waals surface area contributed by atoms with Crippen LogP contribution in [0.2, 0.25) is 5.02 Å². The molecule has 3 rings (SSSR count). The van der Waals surface area contributed by atoms with E-state index in [4.69, 9.17) is 11.6 Å². The zero-order valence-electron chi connectivity index (χ0n) is 14.7. The van der Waals surface area contributed by atoms with E-state index in [1.807, 2.05) is 42.5 Å². The summed E-state index contributed by atoms with van der Waals surface area (Å²) in [6, 6.07) is 20.0. The first kappa shape index (κ1) is 18.7. The van der Waals surface area contributed by atoms with Crippen LogP contribution in [0.3, 0.4) is 0 Å². The van der Waals surface area contributed by atoms with Gasteiger partial charge in [-0.25, -0.2) is 4.79 Å². The number of pyridine rings is 1. The Morgan fingerprint density at radius 3 is 1.96 bits per heavy atom. The summed E-state index contributed by atoms with van der Waals surface area (Å²) in [5.41, 5.74) is 2.97. The zero-order chi connectivity index (χ0) is 19.1. The molecule has 0 aliphatic rings. The number of hydrogen-bond donors (Lipinski definition) is 2. The molecule has 0 radical (unpaired) electrons. The van der Waals surface area contributed by atoms with E-state index >= 15 is 0 Å². The second kappa shape index (κ2) is 9.05. The number of aromatic nitrogens is 1. The molecule has 3 aromatic rings. The molecular formula is C21H20ClN3O2. The Morgan fingerprint density at radius 1 is 0.815 bits per heavy atom. The van der Waals surface area contributed by atoms with Crippen LogP contribution in [0, 0.1) is 0 Å². The van der Waals surface area contributed by atoms with E-state index in [0.29, 0.717) is 24.7 Å². The van der Waals surface area contributed by atoms with Crippen LogP contribution in [0.25, 0.3) is 0 Å². The summed E-state index contributed by atoms with van der Waals surface area (Å²) in [7, 11) is 0. The monoisotopic (exact) mass is 381 g/mol. The lowest BCUT2D eigenvalue weighted by Gasteiger charge is -2.09. The van der Waals surface area contributed by atoms with Gasteiger partial charge in [-0.2, -0.15) is 0 Å². The third-order valence-electron chi connectivity index (χ3n) is 4.09. The normalized spacial score (nSPS) is 10.4. The van der Waals surface area contributed by atoms with E-state index in [-0.39, 0.29) is 11.6 Å². The summed E-state index contributed by atoms with van der Waals surface area (Å²) < 4.78 is 1.65. The van der Waals surface area contributed by atoms with E-state index < -0.39 is 0 Å². The van der Waals surface area contributed by atoms with E-state index in [1.165, 1.54) is 0 Å². The standard InChI is InChI=1S/C21H20ClN3O2/c22-19-10-8-17(9-11-19)14-24-21(27)23-13-16-4-6-18(7-5-16)15-25-12-2-1-3-20(25)26/h1-12H,13-15H2,(H2,23,24,27). The minimum absolute atomic E-state index is 0.0272. The fraction of sp³-hybridized carbons (Fsp3) is 0.143. The Labute approximate surface area is 162 Å². The second-order valence-electron chi connectivity index (χ2n) is 6.15. The van der Waals surface area contributed by atoms with Crippen LogP contribution < -0.4 is 16.2 Å². The molecule has 27 heavy (non-hydrogen) atoms. The van der Waals surface area contributed by atoms with Gasteiger partial charge in [0, 0.05) is 30.4 Å². The van der Waals surface area contributed by atoms with Crippen molar-refractivity contribution in [3.63, 3.8) is 0 Å². The molecule has 0 aliphatic heterocycles. The van der Waals surface area contributed by atoms with Gasteiger partial charge in [-0.05, 0) is 34.9 Å². The highest BCUT2D eigenvalue weighted by Crippen LogP contribution is 2.09. The van der Waals surface area contributed by atoms with Crippen LogP contribution >= 0.6 is 11.6 Å². The Morgan fingerprint density at radius 2 is 1.37 bits per heavy atom. The van der Waals surface area contributed by atoms with Gasteiger partial charge in [-0.15, -0.1) is 0 Å². The number of nitrogens with zero attached hydrogens (tertiary/aromatic N) is 1. The van der Waals surface area contributed by atoms with Gasteiger partial charge >= 0.3 is 6.03 Å². The van der Waals surface area contributed by atoms with Crippen molar-refractivity contribution in [3.8, 4) is 0 Å². The number of rotatable bonds is 6. The highest BCUT2D eigenvalue weighted by Gasteiger charge is 2.02. The van der Waals surface area contributed by atoms with Crippen molar-refractivity contribution in [2.45, 2.75) is 19.6 Å². The number of nitrogens with one attached hydrogen (secondary N) is 2. The van der Waals surface area contributed by atoms with Crippen molar-refractivity contribution in [1.82, 2.24) is 15.2 Å². The maximum Gasteiger partial charge on any atom is 0.315 e. The molecule has 2 amide bonds. The van der Waals surface area contributed by atoms with Crippen LogP contribution in [0.1, 0.15) is 16.7 Å². The predicted octanol–water partition coefficient (Wildman–Crippen LogP) is 3.55. The zero-order valence-corrected chi connectivity index (χ0v) is 15.4. The summed E-state index contributed by atoms with van der Waals surface area (Å²) >= 11 is 5.84. The molecule has 6 heteroatoms. The highest BCUT2D eigenvalue weighted by atomic mass is 35.5. The Balaban J connectivity index is 1.46. The van der Waals surface area contributed by atoms with E-state index in [1.54, 1.807) is 35.0 Å². The summed E-state index contributed by atoms with van der Waals surface area (Å²) in [5, 5.41) is 6.31. The largest absolute Gasteiger partial charge is 0.334 e. The van der Waals surface area contributed by atoms with Crippen LogP contribution in [-0.2, 0) is 19.6 Å².